The van der Waals surface area contributed by atoms with Gasteiger partial charge in [0.15, 0.2) is 9.84 Å². The zero-order valence-electron chi connectivity index (χ0n) is 10.4. The fourth-order valence-electron chi connectivity index (χ4n) is 1.80. The number of sulfone groups is 1. The van der Waals surface area contributed by atoms with Crippen LogP contribution in [0, 0.1) is 17.5 Å². The molecule has 21 heavy (non-hydrogen) atoms. The van der Waals surface area contributed by atoms with Crippen molar-refractivity contribution in [2.75, 3.05) is 5.73 Å². The molecule has 0 aromatic heterocycles. The molecule has 0 saturated heterocycles. The lowest BCUT2D eigenvalue weighted by molar-refractivity contribution is 0.520. The molecule has 0 unspecified atom stereocenters. The van der Waals surface area contributed by atoms with E-state index in [1.807, 2.05) is 0 Å². The molecule has 2 aromatic rings. The van der Waals surface area contributed by atoms with Crippen molar-refractivity contribution in [3.8, 4) is 0 Å². The van der Waals surface area contributed by atoms with Gasteiger partial charge in [-0.1, -0.05) is 17.7 Å². The minimum absolute atomic E-state index is 0.0209. The molecule has 2 rings (SSSR count). The predicted molar refractivity (Wildman–Crippen MR) is 73.1 cm³/mol. The third kappa shape index (κ3) is 3.30. The second-order valence-electron chi connectivity index (χ2n) is 4.32. The van der Waals surface area contributed by atoms with E-state index < -0.39 is 37.9 Å². The van der Waals surface area contributed by atoms with E-state index in [1.54, 1.807) is 0 Å². The van der Waals surface area contributed by atoms with Crippen LogP contribution in [0.1, 0.15) is 5.56 Å². The molecule has 0 radical (unpaired) electrons. The maximum absolute atomic E-state index is 13.7. The van der Waals surface area contributed by atoms with E-state index in [-0.39, 0.29) is 16.3 Å². The van der Waals surface area contributed by atoms with Crippen LogP contribution in [0.2, 0.25) is 5.02 Å². The summed E-state index contributed by atoms with van der Waals surface area (Å²) in [4.78, 5) is -1.09. The molecule has 0 bridgehead atoms. The minimum atomic E-state index is -4.34. The van der Waals surface area contributed by atoms with Gasteiger partial charge in [-0.05, 0) is 29.8 Å². The third-order valence-electron chi connectivity index (χ3n) is 2.67. The third-order valence-corrected chi connectivity index (χ3v) is 4.70. The van der Waals surface area contributed by atoms with Gasteiger partial charge < -0.3 is 5.73 Å². The molecule has 0 aliphatic rings. The molecule has 112 valence electrons. The monoisotopic (exact) mass is 335 g/mol. The van der Waals surface area contributed by atoms with E-state index in [9.17, 15) is 21.6 Å². The van der Waals surface area contributed by atoms with Crippen molar-refractivity contribution in [3.05, 3.63) is 58.4 Å². The molecule has 0 aliphatic carbocycles. The largest absolute Gasteiger partial charge is 0.399 e. The highest BCUT2D eigenvalue weighted by Crippen LogP contribution is 2.26. The van der Waals surface area contributed by atoms with Crippen LogP contribution in [0.3, 0.4) is 0 Å². The molecule has 0 amide bonds. The molecule has 0 aliphatic heterocycles. The molecule has 0 fully saturated rings. The molecule has 8 heteroatoms. The highest BCUT2D eigenvalue weighted by molar-refractivity contribution is 7.90. The Labute approximate surface area is 124 Å². The number of benzene rings is 2. The summed E-state index contributed by atoms with van der Waals surface area (Å²) >= 11 is 5.48. The van der Waals surface area contributed by atoms with Crippen LogP contribution in [-0.2, 0) is 15.6 Å². The molecule has 2 aromatic carbocycles. The molecular formula is C13H9ClF3NO2S. The zero-order chi connectivity index (χ0) is 15.8. The minimum Gasteiger partial charge on any atom is -0.399 e. The fraction of sp³-hybridized carbons (Fsp3) is 0.0769. The Bertz CT molecular complexity index is 786. The van der Waals surface area contributed by atoms with Crippen LogP contribution in [0.25, 0.3) is 0 Å². The first-order valence-corrected chi connectivity index (χ1v) is 7.65. The van der Waals surface area contributed by atoms with Crippen molar-refractivity contribution in [3.63, 3.8) is 0 Å². The van der Waals surface area contributed by atoms with Gasteiger partial charge in [-0.25, -0.2) is 21.6 Å². The number of hydrogen-bond donors (Lipinski definition) is 1. The summed E-state index contributed by atoms with van der Waals surface area (Å²) in [6.45, 7) is 0. The van der Waals surface area contributed by atoms with E-state index in [4.69, 9.17) is 17.3 Å². The summed E-state index contributed by atoms with van der Waals surface area (Å²) in [6.07, 6.45) is 0. The fourth-order valence-corrected chi connectivity index (χ4v) is 3.39. The van der Waals surface area contributed by atoms with E-state index >= 15 is 0 Å². The molecule has 3 nitrogen and oxygen atoms in total. The van der Waals surface area contributed by atoms with E-state index in [0.29, 0.717) is 12.1 Å². The smallest absolute Gasteiger partial charge is 0.188 e. The lowest BCUT2D eigenvalue weighted by Crippen LogP contribution is -2.10. The topological polar surface area (TPSA) is 60.2 Å². The van der Waals surface area contributed by atoms with Gasteiger partial charge in [-0.15, -0.1) is 0 Å². The lowest BCUT2D eigenvalue weighted by Gasteiger charge is -2.08. The van der Waals surface area contributed by atoms with Crippen molar-refractivity contribution in [1.29, 1.82) is 0 Å². The van der Waals surface area contributed by atoms with E-state index in [0.717, 1.165) is 12.1 Å². The molecule has 0 atom stereocenters. The normalized spacial score (nSPS) is 11.6. The Morgan fingerprint density at radius 2 is 1.57 bits per heavy atom. The summed E-state index contributed by atoms with van der Waals surface area (Å²) in [5, 5.41) is -0.180. The molecule has 0 saturated carbocycles. The summed E-state index contributed by atoms with van der Waals surface area (Å²) in [5.41, 5.74) is 5.01. The molecule has 0 spiro atoms. The van der Waals surface area contributed by atoms with Crippen molar-refractivity contribution >= 4 is 27.1 Å². The number of halogens is 4. The zero-order valence-corrected chi connectivity index (χ0v) is 12.0. The maximum atomic E-state index is 13.7. The van der Waals surface area contributed by atoms with Crippen LogP contribution in [-0.4, -0.2) is 8.42 Å². The SMILES string of the molecule is Nc1cc(F)c(S(=O)(=O)Cc2ccc(Cl)c(F)c2)c(F)c1. The van der Waals surface area contributed by atoms with Crippen LogP contribution in [0.5, 0.6) is 0 Å². The van der Waals surface area contributed by atoms with Crippen molar-refractivity contribution in [2.45, 2.75) is 10.6 Å². The number of hydrogen-bond acceptors (Lipinski definition) is 3. The standard InChI is InChI=1S/C13H9ClF3NO2S/c14-9-2-1-7(3-10(9)15)6-21(19,20)13-11(16)4-8(18)5-12(13)17/h1-5H,6,18H2. The van der Waals surface area contributed by atoms with E-state index in [1.165, 1.54) is 6.07 Å². The molecule has 2 N–H and O–H groups in total. The first kappa shape index (κ1) is 15.7. The Kier molecular flexibility index (Phi) is 4.15. The number of nitrogen functional groups attached to an aromatic ring is 1. The van der Waals surface area contributed by atoms with Gasteiger partial charge in [0.25, 0.3) is 0 Å². The Morgan fingerprint density at radius 1 is 1.00 bits per heavy atom. The summed E-state index contributed by atoms with van der Waals surface area (Å²) in [5.74, 6) is -4.16. The van der Waals surface area contributed by atoms with Crippen LogP contribution < -0.4 is 5.73 Å². The average molecular weight is 336 g/mol. The van der Waals surface area contributed by atoms with Gasteiger partial charge in [0, 0.05) is 5.69 Å². The van der Waals surface area contributed by atoms with Gasteiger partial charge in [-0.2, -0.15) is 0 Å². The van der Waals surface area contributed by atoms with Gasteiger partial charge >= 0.3 is 0 Å². The highest BCUT2D eigenvalue weighted by atomic mass is 35.5. The second kappa shape index (κ2) is 5.57. The van der Waals surface area contributed by atoms with E-state index in [2.05, 4.69) is 0 Å². The van der Waals surface area contributed by atoms with Gasteiger partial charge in [0.05, 0.1) is 10.8 Å². The van der Waals surface area contributed by atoms with Gasteiger partial charge in [0.1, 0.15) is 22.3 Å². The summed E-state index contributed by atoms with van der Waals surface area (Å²) in [7, 11) is -4.34. The molecular weight excluding hydrogens is 327 g/mol. The second-order valence-corrected chi connectivity index (χ2v) is 6.65. The van der Waals surface area contributed by atoms with Crippen LogP contribution in [0.4, 0.5) is 18.9 Å². The quantitative estimate of drug-likeness (QED) is 0.875. The number of rotatable bonds is 3. The number of nitrogens with two attached hydrogens (primary N) is 1. The summed E-state index contributed by atoms with van der Waals surface area (Å²) in [6, 6.07) is 4.73. The first-order valence-electron chi connectivity index (χ1n) is 5.62. The Hall–Kier alpha value is -1.73. The highest BCUT2D eigenvalue weighted by Gasteiger charge is 2.25. The maximum Gasteiger partial charge on any atom is 0.188 e. The van der Waals surface area contributed by atoms with Gasteiger partial charge in [-0.3, -0.25) is 0 Å². The lowest BCUT2D eigenvalue weighted by atomic mass is 10.2. The first-order chi connectivity index (χ1) is 9.70. The van der Waals surface area contributed by atoms with Gasteiger partial charge in [0.2, 0.25) is 0 Å². The average Bonchev–Trinajstić information content (AvgIpc) is 2.31. The molecule has 0 heterocycles. The summed E-state index contributed by atoms with van der Waals surface area (Å²) < 4.78 is 64.7. The Balaban J connectivity index is 2.46. The van der Waals surface area contributed by atoms with Crippen LogP contribution in [0.15, 0.2) is 35.2 Å². The Morgan fingerprint density at radius 3 is 2.10 bits per heavy atom. The number of anilines is 1. The van der Waals surface area contributed by atoms with Crippen molar-refractivity contribution in [2.24, 2.45) is 0 Å². The van der Waals surface area contributed by atoms with Crippen LogP contribution >= 0.6 is 11.6 Å². The van der Waals surface area contributed by atoms with Crippen molar-refractivity contribution in [1.82, 2.24) is 0 Å². The van der Waals surface area contributed by atoms with Crippen molar-refractivity contribution < 1.29 is 21.6 Å². The predicted octanol–water partition coefficient (Wildman–Crippen LogP) is 3.31.